The van der Waals surface area contributed by atoms with Gasteiger partial charge in [-0.2, -0.15) is 0 Å². The van der Waals surface area contributed by atoms with Gasteiger partial charge in [0, 0.05) is 22.3 Å². The molecule has 1 heterocycles. The van der Waals surface area contributed by atoms with Gasteiger partial charge in [-0.25, -0.2) is 0 Å². The fourth-order valence-corrected chi connectivity index (χ4v) is 3.63. The standard InChI is InChI=1S/C20H25N/c1-6-15-16(13(2)3)11-12-18-17-9-7-8-10-19(17)21(14(4)5)20(15)18/h7-14H,6H2,1-5H3. The Morgan fingerprint density at radius 2 is 1.62 bits per heavy atom. The van der Waals surface area contributed by atoms with E-state index in [1.165, 1.54) is 32.9 Å². The van der Waals surface area contributed by atoms with Gasteiger partial charge < -0.3 is 4.57 Å². The van der Waals surface area contributed by atoms with Gasteiger partial charge in [0.25, 0.3) is 0 Å². The third kappa shape index (κ3) is 2.07. The highest BCUT2D eigenvalue weighted by molar-refractivity contribution is 6.09. The van der Waals surface area contributed by atoms with Crippen LogP contribution in [0.1, 0.15) is 57.7 Å². The maximum atomic E-state index is 2.52. The topological polar surface area (TPSA) is 4.93 Å². The predicted molar refractivity (Wildman–Crippen MR) is 93.3 cm³/mol. The number of rotatable bonds is 3. The van der Waals surface area contributed by atoms with Gasteiger partial charge in [-0.05, 0) is 43.4 Å². The van der Waals surface area contributed by atoms with Crippen LogP contribution in [0.3, 0.4) is 0 Å². The molecule has 0 unspecified atom stereocenters. The molecule has 0 bridgehead atoms. The summed E-state index contributed by atoms with van der Waals surface area (Å²) in [6, 6.07) is 13.9. The summed E-state index contributed by atoms with van der Waals surface area (Å²) >= 11 is 0. The van der Waals surface area contributed by atoms with Gasteiger partial charge in [0.2, 0.25) is 0 Å². The minimum atomic E-state index is 0.472. The van der Waals surface area contributed by atoms with Crippen molar-refractivity contribution in [2.75, 3.05) is 0 Å². The molecule has 0 aliphatic rings. The minimum Gasteiger partial charge on any atom is -0.338 e. The van der Waals surface area contributed by atoms with Crippen LogP contribution in [-0.4, -0.2) is 4.57 Å². The molecule has 1 aromatic heterocycles. The van der Waals surface area contributed by atoms with Gasteiger partial charge in [-0.15, -0.1) is 0 Å². The first-order chi connectivity index (χ1) is 10.1. The quantitative estimate of drug-likeness (QED) is 0.549. The van der Waals surface area contributed by atoms with Gasteiger partial charge in [0.15, 0.2) is 0 Å². The molecule has 110 valence electrons. The molecule has 0 aliphatic carbocycles. The number of nitrogens with zero attached hydrogens (tertiary/aromatic N) is 1. The van der Waals surface area contributed by atoms with Crippen molar-refractivity contribution in [1.82, 2.24) is 4.57 Å². The molecular weight excluding hydrogens is 254 g/mol. The third-order valence-corrected chi connectivity index (χ3v) is 4.51. The van der Waals surface area contributed by atoms with Crippen molar-refractivity contribution in [3.05, 3.63) is 47.5 Å². The van der Waals surface area contributed by atoms with E-state index >= 15 is 0 Å². The van der Waals surface area contributed by atoms with Gasteiger partial charge in [0.05, 0.1) is 5.52 Å². The summed E-state index contributed by atoms with van der Waals surface area (Å²) in [6.45, 7) is 11.4. The van der Waals surface area contributed by atoms with Crippen LogP contribution in [0.2, 0.25) is 0 Å². The fourth-order valence-electron chi connectivity index (χ4n) is 3.63. The van der Waals surface area contributed by atoms with Crippen molar-refractivity contribution in [1.29, 1.82) is 0 Å². The van der Waals surface area contributed by atoms with Crippen molar-refractivity contribution >= 4 is 21.8 Å². The summed E-state index contributed by atoms with van der Waals surface area (Å²) in [5.41, 5.74) is 5.82. The van der Waals surface area contributed by atoms with E-state index in [0.717, 1.165) is 6.42 Å². The lowest BCUT2D eigenvalue weighted by atomic mass is 9.93. The van der Waals surface area contributed by atoms with E-state index < -0.39 is 0 Å². The van der Waals surface area contributed by atoms with Crippen molar-refractivity contribution in [2.24, 2.45) is 0 Å². The van der Waals surface area contributed by atoms with Crippen molar-refractivity contribution in [3.63, 3.8) is 0 Å². The number of aromatic nitrogens is 1. The molecule has 0 saturated heterocycles. The van der Waals surface area contributed by atoms with Crippen LogP contribution in [0.5, 0.6) is 0 Å². The largest absolute Gasteiger partial charge is 0.338 e. The molecular formula is C20H25N. The highest BCUT2D eigenvalue weighted by Crippen LogP contribution is 2.37. The Morgan fingerprint density at radius 1 is 0.905 bits per heavy atom. The van der Waals surface area contributed by atoms with E-state index in [9.17, 15) is 0 Å². The van der Waals surface area contributed by atoms with Crippen LogP contribution in [0, 0.1) is 0 Å². The molecule has 0 atom stereocenters. The summed E-state index contributed by atoms with van der Waals surface area (Å²) < 4.78 is 2.52. The zero-order valence-electron chi connectivity index (χ0n) is 13.8. The summed E-state index contributed by atoms with van der Waals surface area (Å²) in [5.74, 6) is 0.572. The number of aryl methyl sites for hydroxylation is 1. The second-order valence-corrected chi connectivity index (χ2v) is 6.52. The van der Waals surface area contributed by atoms with Crippen molar-refractivity contribution in [3.8, 4) is 0 Å². The fraction of sp³-hybridized carbons (Fsp3) is 0.400. The first-order valence-electron chi connectivity index (χ1n) is 8.10. The van der Waals surface area contributed by atoms with E-state index in [-0.39, 0.29) is 0 Å². The molecule has 0 saturated carbocycles. The number of hydrogen-bond acceptors (Lipinski definition) is 0. The van der Waals surface area contributed by atoms with E-state index in [1.807, 2.05) is 0 Å². The SMILES string of the molecule is CCc1c(C(C)C)ccc2c3ccccc3n(C(C)C)c12. The molecule has 1 nitrogen and oxygen atoms in total. The lowest BCUT2D eigenvalue weighted by Gasteiger charge is -2.18. The van der Waals surface area contributed by atoms with Crippen LogP contribution < -0.4 is 0 Å². The summed E-state index contributed by atoms with van der Waals surface area (Å²) in [5, 5.41) is 2.78. The van der Waals surface area contributed by atoms with E-state index in [0.29, 0.717) is 12.0 Å². The maximum absolute atomic E-state index is 2.52. The summed E-state index contributed by atoms with van der Waals surface area (Å²) in [4.78, 5) is 0. The molecule has 3 rings (SSSR count). The summed E-state index contributed by atoms with van der Waals surface area (Å²) in [6.07, 6.45) is 1.09. The Morgan fingerprint density at radius 3 is 2.24 bits per heavy atom. The average Bonchev–Trinajstić information content (AvgIpc) is 2.80. The Hall–Kier alpha value is -1.76. The first kappa shape index (κ1) is 14.2. The average molecular weight is 279 g/mol. The van der Waals surface area contributed by atoms with E-state index in [1.54, 1.807) is 0 Å². The smallest absolute Gasteiger partial charge is 0.0529 e. The molecule has 0 fully saturated rings. The Kier molecular flexibility index (Phi) is 3.52. The van der Waals surface area contributed by atoms with E-state index in [4.69, 9.17) is 0 Å². The zero-order valence-corrected chi connectivity index (χ0v) is 13.8. The maximum Gasteiger partial charge on any atom is 0.0529 e. The third-order valence-electron chi connectivity index (χ3n) is 4.51. The minimum absolute atomic E-state index is 0.472. The van der Waals surface area contributed by atoms with E-state index in [2.05, 4.69) is 75.6 Å². The first-order valence-corrected chi connectivity index (χ1v) is 8.10. The second-order valence-electron chi connectivity index (χ2n) is 6.52. The number of hydrogen-bond donors (Lipinski definition) is 0. The second kappa shape index (κ2) is 5.22. The zero-order chi connectivity index (χ0) is 15.1. The molecule has 1 heteroatoms. The normalized spacial score (nSPS) is 12.1. The highest BCUT2D eigenvalue weighted by atomic mass is 15.0. The van der Waals surface area contributed by atoms with Gasteiger partial charge in [0.1, 0.15) is 0 Å². The van der Waals surface area contributed by atoms with Gasteiger partial charge in [-0.3, -0.25) is 0 Å². The van der Waals surface area contributed by atoms with Crippen molar-refractivity contribution < 1.29 is 0 Å². The molecule has 0 aliphatic heterocycles. The molecule has 21 heavy (non-hydrogen) atoms. The Labute approximate surface area is 127 Å². The molecule has 0 amide bonds. The molecule has 3 aromatic rings. The lowest BCUT2D eigenvalue weighted by Crippen LogP contribution is -2.04. The molecule has 2 aromatic carbocycles. The number of fused-ring (bicyclic) bond motifs is 3. The molecule has 0 N–H and O–H groups in total. The Bertz CT molecular complexity index is 790. The highest BCUT2D eigenvalue weighted by Gasteiger charge is 2.18. The van der Waals surface area contributed by atoms with Crippen LogP contribution in [0.4, 0.5) is 0 Å². The Balaban J connectivity index is 2.55. The monoisotopic (exact) mass is 279 g/mol. The van der Waals surface area contributed by atoms with Crippen LogP contribution in [-0.2, 0) is 6.42 Å². The molecule has 0 spiro atoms. The predicted octanol–water partition coefficient (Wildman–Crippen LogP) is 6.06. The van der Waals surface area contributed by atoms with Crippen LogP contribution >= 0.6 is 0 Å². The molecule has 0 radical (unpaired) electrons. The van der Waals surface area contributed by atoms with Crippen LogP contribution in [0.25, 0.3) is 21.8 Å². The summed E-state index contributed by atoms with van der Waals surface area (Å²) in [7, 11) is 0. The van der Waals surface area contributed by atoms with Gasteiger partial charge >= 0.3 is 0 Å². The van der Waals surface area contributed by atoms with Crippen LogP contribution in [0.15, 0.2) is 36.4 Å². The van der Waals surface area contributed by atoms with Crippen molar-refractivity contribution in [2.45, 2.75) is 53.0 Å². The number of benzene rings is 2. The van der Waals surface area contributed by atoms with Gasteiger partial charge in [-0.1, -0.05) is 51.1 Å². The lowest BCUT2D eigenvalue weighted by molar-refractivity contribution is 0.639. The number of para-hydroxylation sites is 1.